The Bertz CT molecular complexity index is 986. The van der Waals surface area contributed by atoms with Gasteiger partial charge in [-0.3, -0.25) is 0 Å². The van der Waals surface area contributed by atoms with E-state index in [2.05, 4.69) is 26.0 Å². The first-order chi connectivity index (χ1) is 14.4. The molecule has 160 valence electrons. The number of phenols is 2. The highest BCUT2D eigenvalue weighted by Crippen LogP contribution is 2.64. The van der Waals surface area contributed by atoms with E-state index < -0.39 is 5.60 Å². The van der Waals surface area contributed by atoms with Gasteiger partial charge in [0, 0.05) is 28.0 Å². The standard InChI is InChI=1S/C27H34O3/c1-17-10-11-21-25(18(17)2)30-27(20-12-13-22(28)19(3)24(20)29)16-8-5-9-23(27)26(21)14-6-4-7-15-26/h10-13,23,28-29H,4-9,14-16H2,1-3H3. The van der Waals surface area contributed by atoms with Crippen LogP contribution in [0.3, 0.4) is 0 Å². The lowest BCUT2D eigenvalue weighted by molar-refractivity contribution is -0.0964. The lowest BCUT2D eigenvalue weighted by Gasteiger charge is -2.59. The lowest BCUT2D eigenvalue weighted by Crippen LogP contribution is -2.57. The van der Waals surface area contributed by atoms with Gasteiger partial charge in [-0.1, -0.05) is 37.8 Å². The maximum atomic E-state index is 11.2. The average Bonchev–Trinajstić information content (AvgIpc) is 2.76. The second kappa shape index (κ2) is 6.93. The third-order valence-electron chi connectivity index (χ3n) is 8.62. The molecule has 1 aliphatic heterocycles. The molecule has 2 aromatic rings. The molecule has 5 rings (SSSR count). The minimum atomic E-state index is -0.524. The Hall–Kier alpha value is -2.16. The number of fused-ring (bicyclic) bond motifs is 4. The second-order valence-electron chi connectivity index (χ2n) is 10.00. The minimum Gasteiger partial charge on any atom is -0.508 e. The van der Waals surface area contributed by atoms with Crippen LogP contribution in [0.25, 0.3) is 0 Å². The molecule has 1 heterocycles. The lowest BCUT2D eigenvalue weighted by atomic mass is 9.51. The first kappa shape index (κ1) is 19.8. The van der Waals surface area contributed by atoms with Crippen LogP contribution in [0.4, 0.5) is 0 Å². The molecule has 2 saturated carbocycles. The van der Waals surface area contributed by atoms with Gasteiger partial charge in [-0.15, -0.1) is 0 Å². The van der Waals surface area contributed by atoms with E-state index in [9.17, 15) is 10.2 Å². The van der Waals surface area contributed by atoms with Crippen molar-refractivity contribution in [1.82, 2.24) is 0 Å². The number of phenolic OH excluding ortho intramolecular Hbond substituents is 2. The summed E-state index contributed by atoms with van der Waals surface area (Å²) in [5.74, 6) is 1.76. The summed E-state index contributed by atoms with van der Waals surface area (Å²) in [6, 6.07) is 8.26. The van der Waals surface area contributed by atoms with Crippen molar-refractivity contribution in [2.24, 2.45) is 5.92 Å². The van der Waals surface area contributed by atoms with E-state index >= 15 is 0 Å². The highest BCUT2D eigenvalue weighted by atomic mass is 16.5. The molecule has 30 heavy (non-hydrogen) atoms. The van der Waals surface area contributed by atoms with Crippen LogP contribution in [0, 0.1) is 26.7 Å². The molecule has 3 nitrogen and oxygen atoms in total. The quantitative estimate of drug-likeness (QED) is 0.554. The SMILES string of the molecule is Cc1ccc2c(c1C)OC1(c3ccc(O)c(C)c3O)CCCCC1C21CCCCC1. The molecule has 2 atom stereocenters. The maximum Gasteiger partial charge on any atom is 0.141 e. The van der Waals surface area contributed by atoms with Gasteiger partial charge in [0.25, 0.3) is 0 Å². The Morgan fingerprint density at radius 3 is 2.27 bits per heavy atom. The fourth-order valence-corrected chi connectivity index (χ4v) is 6.88. The maximum absolute atomic E-state index is 11.2. The summed E-state index contributed by atoms with van der Waals surface area (Å²) in [6.45, 7) is 6.14. The number of benzene rings is 2. The zero-order valence-electron chi connectivity index (χ0n) is 18.6. The third-order valence-corrected chi connectivity index (χ3v) is 8.62. The number of ether oxygens (including phenoxy) is 1. The van der Waals surface area contributed by atoms with Crippen molar-refractivity contribution in [3.05, 3.63) is 52.1 Å². The Labute approximate surface area is 180 Å². The number of aromatic hydroxyl groups is 2. The van der Waals surface area contributed by atoms with Crippen LogP contribution >= 0.6 is 0 Å². The largest absolute Gasteiger partial charge is 0.508 e. The van der Waals surface area contributed by atoms with Crippen molar-refractivity contribution in [2.45, 2.75) is 89.6 Å². The Morgan fingerprint density at radius 1 is 0.800 bits per heavy atom. The Morgan fingerprint density at radius 2 is 1.50 bits per heavy atom. The van der Waals surface area contributed by atoms with Gasteiger partial charge in [0.15, 0.2) is 0 Å². The molecule has 2 unspecified atom stereocenters. The first-order valence-electron chi connectivity index (χ1n) is 11.7. The van der Waals surface area contributed by atoms with Crippen LogP contribution in [-0.4, -0.2) is 10.2 Å². The molecular formula is C27H34O3. The molecule has 2 aliphatic carbocycles. The van der Waals surface area contributed by atoms with Gasteiger partial charge in [-0.2, -0.15) is 0 Å². The van der Waals surface area contributed by atoms with E-state index in [1.54, 1.807) is 13.0 Å². The predicted molar refractivity (Wildman–Crippen MR) is 119 cm³/mol. The van der Waals surface area contributed by atoms with E-state index in [1.165, 1.54) is 55.2 Å². The fourth-order valence-electron chi connectivity index (χ4n) is 6.88. The van der Waals surface area contributed by atoms with Crippen LogP contribution in [-0.2, 0) is 11.0 Å². The van der Waals surface area contributed by atoms with Crippen LogP contribution in [0.2, 0.25) is 0 Å². The molecule has 0 aromatic heterocycles. The van der Waals surface area contributed by atoms with E-state index in [0.29, 0.717) is 11.5 Å². The number of hydrogen-bond donors (Lipinski definition) is 2. The average molecular weight is 407 g/mol. The fraction of sp³-hybridized carbons (Fsp3) is 0.556. The molecule has 2 aromatic carbocycles. The smallest absolute Gasteiger partial charge is 0.141 e. The van der Waals surface area contributed by atoms with Gasteiger partial charge < -0.3 is 14.9 Å². The molecule has 0 bridgehead atoms. The first-order valence-corrected chi connectivity index (χ1v) is 11.7. The summed E-state index contributed by atoms with van der Waals surface area (Å²) in [5.41, 5.74) is 4.92. The van der Waals surface area contributed by atoms with Crippen molar-refractivity contribution < 1.29 is 14.9 Å². The molecule has 3 heteroatoms. The highest BCUT2D eigenvalue weighted by molar-refractivity contribution is 5.56. The van der Waals surface area contributed by atoms with Crippen LogP contribution in [0.5, 0.6) is 17.2 Å². The van der Waals surface area contributed by atoms with Gasteiger partial charge in [0.1, 0.15) is 22.8 Å². The van der Waals surface area contributed by atoms with Gasteiger partial charge >= 0.3 is 0 Å². The molecule has 1 spiro atoms. The van der Waals surface area contributed by atoms with E-state index in [0.717, 1.165) is 30.6 Å². The van der Waals surface area contributed by atoms with Crippen LogP contribution < -0.4 is 4.74 Å². The van der Waals surface area contributed by atoms with Gasteiger partial charge in [0.2, 0.25) is 0 Å². The zero-order chi connectivity index (χ0) is 21.1. The van der Waals surface area contributed by atoms with E-state index in [4.69, 9.17) is 4.74 Å². The number of rotatable bonds is 1. The summed E-state index contributed by atoms with van der Waals surface area (Å²) in [5, 5.41) is 21.4. The summed E-state index contributed by atoms with van der Waals surface area (Å²) in [4.78, 5) is 0. The van der Waals surface area contributed by atoms with Gasteiger partial charge in [-0.05, 0) is 76.1 Å². The Kier molecular flexibility index (Phi) is 4.57. The molecule has 2 N–H and O–H groups in total. The van der Waals surface area contributed by atoms with Gasteiger partial charge in [-0.25, -0.2) is 0 Å². The molecule has 2 fully saturated rings. The van der Waals surface area contributed by atoms with Crippen molar-refractivity contribution in [1.29, 1.82) is 0 Å². The minimum absolute atomic E-state index is 0.114. The van der Waals surface area contributed by atoms with Crippen molar-refractivity contribution in [2.75, 3.05) is 0 Å². The number of aryl methyl sites for hydroxylation is 1. The zero-order valence-corrected chi connectivity index (χ0v) is 18.6. The van der Waals surface area contributed by atoms with E-state index in [-0.39, 0.29) is 16.9 Å². The Balaban J connectivity index is 1.80. The molecule has 0 radical (unpaired) electrons. The highest BCUT2D eigenvalue weighted by Gasteiger charge is 2.60. The summed E-state index contributed by atoms with van der Waals surface area (Å²) < 4.78 is 7.08. The predicted octanol–water partition coefficient (Wildman–Crippen LogP) is 6.70. The van der Waals surface area contributed by atoms with E-state index in [1.807, 2.05) is 6.07 Å². The molecule has 3 aliphatic rings. The summed E-state index contributed by atoms with van der Waals surface area (Å²) in [7, 11) is 0. The van der Waals surface area contributed by atoms with Crippen LogP contribution in [0.1, 0.15) is 85.6 Å². The normalized spacial score (nSPS) is 27.2. The van der Waals surface area contributed by atoms with Crippen LogP contribution in [0.15, 0.2) is 24.3 Å². The molecular weight excluding hydrogens is 372 g/mol. The van der Waals surface area contributed by atoms with Gasteiger partial charge in [0.05, 0.1) is 0 Å². The molecule has 0 amide bonds. The van der Waals surface area contributed by atoms with Crippen molar-refractivity contribution >= 4 is 0 Å². The number of hydrogen-bond acceptors (Lipinski definition) is 3. The second-order valence-corrected chi connectivity index (χ2v) is 10.00. The topological polar surface area (TPSA) is 49.7 Å². The monoisotopic (exact) mass is 406 g/mol. The summed E-state index contributed by atoms with van der Waals surface area (Å²) >= 11 is 0. The summed E-state index contributed by atoms with van der Waals surface area (Å²) in [6.07, 6.45) is 10.6. The molecule has 0 saturated heterocycles. The van der Waals surface area contributed by atoms with Crippen molar-refractivity contribution in [3.63, 3.8) is 0 Å². The third kappa shape index (κ3) is 2.57. The van der Waals surface area contributed by atoms with Crippen molar-refractivity contribution in [3.8, 4) is 17.2 Å².